The molecule has 140 valence electrons. The summed E-state index contributed by atoms with van der Waals surface area (Å²) in [5.41, 5.74) is 3.30. The maximum atomic E-state index is 12.8. The van der Waals surface area contributed by atoms with Gasteiger partial charge in [-0.05, 0) is 36.2 Å². The van der Waals surface area contributed by atoms with Crippen molar-refractivity contribution in [1.29, 1.82) is 0 Å². The second kappa shape index (κ2) is 7.19. The van der Waals surface area contributed by atoms with Gasteiger partial charge in [0.25, 0.3) is 0 Å². The van der Waals surface area contributed by atoms with E-state index in [4.69, 9.17) is 9.47 Å². The van der Waals surface area contributed by atoms with Gasteiger partial charge in [-0.1, -0.05) is 12.1 Å². The van der Waals surface area contributed by atoms with Crippen LogP contribution in [0, 0.1) is 0 Å². The molecule has 4 rings (SSSR count). The van der Waals surface area contributed by atoms with Crippen molar-refractivity contribution in [2.75, 3.05) is 30.9 Å². The van der Waals surface area contributed by atoms with Crippen molar-refractivity contribution < 1.29 is 19.1 Å². The molecule has 0 aliphatic carbocycles. The Hall–Kier alpha value is -3.22. The highest BCUT2D eigenvalue weighted by Gasteiger charge is 2.22. The van der Waals surface area contributed by atoms with Crippen LogP contribution in [0.5, 0.6) is 11.5 Å². The van der Waals surface area contributed by atoms with Crippen molar-refractivity contribution in [3.8, 4) is 11.5 Å². The van der Waals surface area contributed by atoms with E-state index in [2.05, 4.69) is 10.6 Å². The van der Waals surface area contributed by atoms with Crippen LogP contribution in [-0.4, -0.2) is 37.1 Å². The van der Waals surface area contributed by atoms with Crippen molar-refractivity contribution >= 4 is 23.3 Å². The van der Waals surface area contributed by atoms with Gasteiger partial charge in [-0.25, -0.2) is 4.79 Å². The Labute approximate surface area is 157 Å². The van der Waals surface area contributed by atoms with Gasteiger partial charge in [0.1, 0.15) is 0 Å². The topological polar surface area (TPSA) is 79.9 Å². The van der Waals surface area contributed by atoms with Gasteiger partial charge in [-0.15, -0.1) is 0 Å². The van der Waals surface area contributed by atoms with Gasteiger partial charge in [0.05, 0.1) is 26.7 Å². The van der Waals surface area contributed by atoms with Crippen LogP contribution < -0.4 is 20.1 Å². The zero-order valence-corrected chi connectivity index (χ0v) is 15.1. The summed E-state index contributed by atoms with van der Waals surface area (Å²) >= 11 is 0. The molecular formula is C20H21N3O4. The smallest absolute Gasteiger partial charge is 0.322 e. The largest absolute Gasteiger partial charge is 0.493 e. The van der Waals surface area contributed by atoms with Crippen LogP contribution in [0.4, 0.5) is 16.2 Å². The minimum absolute atomic E-state index is 0.0252. The molecule has 2 aliphatic rings. The molecule has 0 saturated heterocycles. The predicted molar refractivity (Wildman–Crippen MR) is 101 cm³/mol. The maximum Gasteiger partial charge on any atom is 0.322 e. The van der Waals surface area contributed by atoms with Crippen molar-refractivity contribution in [3.63, 3.8) is 0 Å². The zero-order chi connectivity index (χ0) is 18.8. The van der Waals surface area contributed by atoms with E-state index in [9.17, 15) is 9.59 Å². The molecular weight excluding hydrogens is 346 g/mol. The van der Waals surface area contributed by atoms with Gasteiger partial charge in [-0.3, -0.25) is 4.79 Å². The SMILES string of the molecule is COc1cccc2c1OCCCN(C(=O)Nc1ccc3c(c1)CC(=O)N3)C2. The van der Waals surface area contributed by atoms with Crippen LogP contribution in [0.25, 0.3) is 0 Å². The molecule has 7 heteroatoms. The number of methoxy groups -OCH3 is 1. The first kappa shape index (κ1) is 17.2. The number of hydrogen-bond acceptors (Lipinski definition) is 4. The normalized spacial score (nSPS) is 15.6. The molecule has 2 aliphatic heterocycles. The van der Waals surface area contributed by atoms with Gasteiger partial charge in [-0.2, -0.15) is 0 Å². The summed E-state index contributed by atoms with van der Waals surface area (Å²) in [4.78, 5) is 26.1. The summed E-state index contributed by atoms with van der Waals surface area (Å²) in [5, 5.41) is 5.73. The van der Waals surface area contributed by atoms with Gasteiger partial charge < -0.3 is 25.0 Å². The monoisotopic (exact) mass is 367 g/mol. The van der Waals surface area contributed by atoms with Crippen LogP contribution in [0.1, 0.15) is 17.5 Å². The van der Waals surface area contributed by atoms with E-state index in [-0.39, 0.29) is 11.9 Å². The fraction of sp³-hybridized carbons (Fsp3) is 0.300. The Morgan fingerprint density at radius 2 is 2.15 bits per heavy atom. The highest BCUT2D eigenvalue weighted by molar-refractivity contribution is 6.00. The minimum Gasteiger partial charge on any atom is -0.493 e. The molecule has 0 atom stereocenters. The zero-order valence-electron chi connectivity index (χ0n) is 15.1. The summed E-state index contributed by atoms with van der Waals surface area (Å²) in [5.74, 6) is 1.34. The molecule has 0 saturated carbocycles. The minimum atomic E-state index is -0.178. The standard InChI is InChI=1S/C20H21N3O4/c1-26-17-5-2-4-13-12-23(8-3-9-27-19(13)17)20(25)21-15-6-7-16-14(10-15)11-18(24)22-16/h2,4-7,10H,3,8-9,11-12H2,1H3,(H,21,25)(H,22,24). The molecule has 2 N–H and O–H groups in total. The van der Waals surface area contributed by atoms with E-state index in [1.807, 2.05) is 30.3 Å². The molecule has 2 aromatic carbocycles. The lowest BCUT2D eigenvalue weighted by Gasteiger charge is -2.27. The average molecular weight is 367 g/mol. The van der Waals surface area contributed by atoms with Crippen LogP contribution in [0.2, 0.25) is 0 Å². The van der Waals surface area contributed by atoms with E-state index in [1.165, 1.54) is 0 Å². The Kier molecular flexibility index (Phi) is 4.58. The quantitative estimate of drug-likeness (QED) is 0.855. The number of urea groups is 1. The number of anilines is 2. The van der Waals surface area contributed by atoms with Gasteiger partial charge in [0, 0.05) is 23.5 Å². The first-order valence-electron chi connectivity index (χ1n) is 8.91. The van der Waals surface area contributed by atoms with E-state index in [1.54, 1.807) is 18.1 Å². The number of para-hydroxylation sites is 1. The molecule has 7 nitrogen and oxygen atoms in total. The van der Waals surface area contributed by atoms with Crippen molar-refractivity contribution in [3.05, 3.63) is 47.5 Å². The first-order valence-corrected chi connectivity index (χ1v) is 8.91. The highest BCUT2D eigenvalue weighted by Crippen LogP contribution is 2.33. The Balaban J connectivity index is 1.51. The molecule has 0 fully saturated rings. The van der Waals surface area contributed by atoms with E-state index >= 15 is 0 Å². The Bertz CT molecular complexity index is 897. The molecule has 2 heterocycles. The third-order valence-electron chi connectivity index (χ3n) is 4.73. The lowest BCUT2D eigenvalue weighted by atomic mass is 10.1. The van der Waals surface area contributed by atoms with Crippen LogP contribution in [0.3, 0.4) is 0 Å². The van der Waals surface area contributed by atoms with E-state index in [0.29, 0.717) is 43.3 Å². The van der Waals surface area contributed by atoms with Gasteiger partial charge in [0.15, 0.2) is 11.5 Å². The van der Waals surface area contributed by atoms with E-state index in [0.717, 1.165) is 23.2 Å². The molecule has 0 aromatic heterocycles. The fourth-order valence-electron chi connectivity index (χ4n) is 3.41. The third-order valence-corrected chi connectivity index (χ3v) is 4.73. The van der Waals surface area contributed by atoms with Crippen LogP contribution in [-0.2, 0) is 17.8 Å². The van der Waals surface area contributed by atoms with E-state index < -0.39 is 0 Å². The van der Waals surface area contributed by atoms with Crippen molar-refractivity contribution in [1.82, 2.24) is 4.90 Å². The number of amides is 3. The number of ether oxygens (including phenoxy) is 2. The highest BCUT2D eigenvalue weighted by atomic mass is 16.5. The molecule has 2 aromatic rings. The molecule has 3 amide bonds. The number of hydrogen-bond donors (Lipinski definition) is 2. The van der Waals surface area contributed by atoms with Crippen LogP contribution >= 0.6 is 0 Å². The fourth-order valence-corrected chi connectivity index (χ4v) is 3.41. The molecule has 0 spiro atoms. The lowest BCUT2D eigenvalue weighted by Crippen LogP contribution is -2.37. The van der Waals surface area contributed by atoms with Crippen molar-refractivity contribution in [2.24, 2.45) is 0 Å². The number of nitrogens with one attached hydrogen (secondary N) is 2. The average Bonchev–Trinajstić information content (AvgIpc) is 3.01. The summed E-state index contributed by atoms with van der Waals surface area (Å²) in [6, 6.07) is 11.0. The second-order valence-corrected chi connectivity index (χ2v) is 6.60. The Morgan fingerprint density at radius 3 is 3.00 bits per heavy atom. The summed E-state index contributed by atoms with van der Waals surface area (Å²) < 4.78 is 11.2. The molecule has 27 heavy (non-hydrogen) atoms. The Morgan fingerprint density at radius 1 is 1.26 bits per heavy atom. The maximum absolute atomic E-state index is 12.8. The number of nitrogens with zero attached hydrogens (tertiary/aromatic N) is 1. The van der Waals surface area contributed by atoms with Crippen LogP contribution in [0.15, 0.2) is 36.4 Å². The molecule has 0 unspecified atom stereocenters. The lowest BCUT2D eigenvalue weighted by molar-refractivity contribution is -0.115. The first-order chi connectivity index (χ1) is 13.1. The number of fused-ring (bicyclic) bond motifs is 2. The summed E-state index contributed by atoms with van der Waals surface area (Å²) in [7, 11) is 1.61. The van der Waals surface area contributed by atoms with Crippen molar-refractivity contribution in [2.45, 2.75) is 19.4 Å². The number of carbonyl (C=O) groups excluding carboxylic acids is 2. The molecule has 0 radical (unpaired) electrons. The summed E-state index contributed by atoms with van der Waals surface area (Å²) in [6.45, 7) is 1.54. The number of carbonyl (C=O) groups is 2. The third kappa shape index (κ3) is 3.53. The summed E-state index contributed by atoms with van der Waals surface area (Å²) in [6.07, 6.45) is 1.07. The van der Waals surface area contributed by atoms with Gasteiger partial charge >= 0.3 is 6.03 Å². The number of benzene rings is 2. The molecule has 0 bridgehead atoms. The predicted octanol–water partition coefficient (Wildman–Crippen LogP) is 3.01. The number of rotatable bonds is 2. The second-order valence-electron chi connectivity index (χ2n) is 6.60. The van der Waals surface area contributed by atoms with Gasteiger partial charge in [0.2, 0.25) is 5.91 Å².